The van der Waals surface area contributed by atoms with Gasteiger partial charge in [-0.05, 0) is 62.4 Å². The highest BCUT2D eigenvalue weighted by atomic mass is 19.4. The molecule has 0 unspecified atom stereocenters. The van der Waals surface area contributed by atoms with E-state index in [0.29, 0.717) is 25.9 Å². The minimum atomic E-state index is -4.83. The Kier molecular flexibility index (Phi) is 6.48. The van der Waals surface area contributed by atoms with Crippen molar-refractivity contribution >= 4 is 11.7 Å². The van der Waals surface area contributed by atoms with E-state index in [1.807, 2.05) is 39.0 Å². The summed E-state index contributed by atoms with van der Waals surface area (Å²) in [5.41, 5.74) is 2.61. The number of halogens is 4. The Bertz CT molecular complexity index is 951. The standard InChI is InChI=1S/C23H25F4NO3/c1-22(2,3)31-21(29)9-5-15-4-6-17-14-28(11-10-16(17)12-15)20-13-18(7-8-19(20)24)30-23(25,26)27/h4,6-8,12-13H,5,9-11,14H2,1-3H3. The number of carbonyl (C=O) groups excluding carboxylic acids is 1. The van der Waals surface area contributed by atoms with Gasteiger partial charge in [0.25, 0.3) is 0 Å². The molecule has 168 valence electrons. The van der Waals surface area contributed by atoms with Crippen molar-refractivity contribution in [1.29, 1.82) is 0 Å². The van der Waals surface area contributed by atoms with E-state index in [9.17, 15) is 22.4 Å². The summed E-state index contributed by atoms with van der Waals surface area (Å²) in [6, 6.07) is 8.86. The van der Waals surface area contributed by atoms with Crippen molar-refractivity contribution in [3.63, 3.8) is 0 Å². The van der Waals surface area contributed by atoms with Crippen LogP contribution in [-0.2, 0) is 28.9 Å². The zero-order valence-electron chi connectivity index (χ0n) is 17.7. The highest BCUT2D eigenvalue weighted by Gasteiger charge is 2.31. The fourth-order valence-electron chi connectivity index (χ4n) is 3.54. The predicted molar refractivity (Wildman–Crippen MR) is 108 cm³/mol. The highest BCUT2D eigenvalue weighted by Crippen LogP contribution is 2.32. The van der Waals surface area contributed by atoms with Crippen molar-refractivity contribution in [1.82, 2.24) is 0 Å². The van der Waals surface area contributed by atoms with Crippen LogP contribution in [0.1, 0.15) is 43.9 Å². The second kappa shape index (κ2) is 8.77. The smallest absolute Gasteiger partial charge is 0.460 e. The van der Waals surface area contributed by atoms with Gasteiger partial charge in [0.05, 0.1) is 5.69 Å². The van der Waals surface area contributed by atoms with E-state index in [4.69, 9.17) is 4.74 Å². The molecule has 31 heavy (non-hydrogen) atoms. The number of aryl methyl sites for hydroxylation is 1. The van der Waals surface area contributed by atoms with E-state index in [0.717, 1.165) is 34.9 Å². The number of fused-ring (bicyclic) bond motifs is 1. The SMILES string of the molecule is CC(C)(C)OC(=O)CCc1ccc2c(c1)CCN(c1cc(OC(F)(F)F)ccc1F)C2. The minimum absolute atomic E-state index is 0.0707. The van der Waals surface area contributed by atoms with Gasteiger partial charge in [0, 0.05) is 25.6 Å². The number of anilines is 1. The average Bonchev–Trinajstić information content (AvgIpc) is 2.65. The molecule has 0 atom stereocenters. The van der Waals surface area contributed by atoms with Crippen LogP contribution in [0.15, 0.2) is 36.4 Å². The third-order valence-corrected chi connectivity index (χ3v) is 4.81. The van der Waals surface area contributed by atoms with Crippen molar-refractivity contribution in [2.75, 3.05) is 11.4 Å². The second-order valence-corrected chi connectivity index (χ2v) is 8.52. The molecule has 2 aromatic carbocycles. The number of carbonyl (C=O) groups is 1. The van der Waals surface area contributed by atoms with Gasteiger partial charge >= 0.3 is 12.3 Å². The lowest BCUT2D eigenvalue weighted by atomic mass is 9.95. The van der Waals surface area contributed by atoms with Crippen LogP contribution in [0.5, 0.6) is 5.75 Å². The van der Waals surface area contributed by atoms with Gasteiger partial charge in [-0.3, -0.25) is 4.79 Å². The van der Waals surface area contributed by atoms with Crippen LogP contribution in [0.3, 0.4) is 0 Å². The highest BCUT2D eigenvalue weighted by molar-refractivity contribution is 5.70. The molecule has 0 N–H and O–H groups in total. The maximum absolute atomic E-state index is 14.3. The summed E-state index contributed by atoms with van der Waals surface area (Å²) >= 11 is 0. The molecule has 0 aromatic heterocycles. The topological polar surface area (TPSA) is 38.8 Å². The molecule has 4 nitrogen and oxygen atoms in total. The lowest BCUT2D eigenvalue weighted by Crippen LogP contribution is -2.31. The van der Waals surface area contributed by atoms with Gasteiger partial charge in [0.1, 0.15) is 17.2 Å². The zero-order valence-corrected chi connectivity index (χ0v) is 17.7. The van der Waals surface area contributed by atoms with Gasteiger partial charge in [0.15, 0.2) is 0 Å². The second-order valence-electron chi connectivity index (χ2n) is 8.52. The van der Waals surface area contributed by atoms with E-state index in [-0.39, 0.29) is 18.1 Å². The molecular weight excluding hydrogens is 414 g/mol. The van der Waals surface area contributed by atoms with Crippen molar-refractivity contribution in [2.45, 2.75) is 58.5 Å². The molecule has 1 aliphatic rings. The van der Waals surface area contributed by atoms with Crippen LogP contribution < -0.4 is 9.64 Å². The number of rotatable bonds is 5. The first-order chi connectivity index (χ1) is 14.4. The molecule has 1 aliphatic heterocycles. The molecule has 0 fully saturated rings. The molecule has 1 heterocycles. The van der Waals surface area contributed by atoms with E-state index in [1.54, 1.807) is 4.90 Å². The van der Waals surface area contributed by atoms with Crippen molar-refractivity contribution < 1.29 is 31.8 Å². The summed E-state index contributed by atoms with van der Waals surface area (Å²) in [4.78, 5) is 13.6. The summed E-state index contributed by atoms with van der Waals surface area (Å²) in [6.07, 6.45) is -3.39. The minimum Gasteiger partial charge on any atom is -0.460 e. The van der Waals surface area contributed by atoms with Gasteiger partial charge in [-0.25, -0.2) is 4.39 Å². The first kappa shape index (κ1) is 22.9. The summed E-state index contributed by atoms with van der Waals surface area (Å²) in [6.45, 7) is 6.29. The Labute approximate surface area is 178 Å². The van der Waals surface area contributed by atoms with E-state index >= 15 is 0 Å². The van der Waals surface area contributed by atoms with Crippen LogP contribution in [0.4, 0.5) is 23.2 Å². The Balaban J connectivity index is 1.68. The fraction of sp³-hybridized carbons (Fsp3) is 0.435. The molecule has 0 saturated carbocycles. The molecule has 0 bridgehead atoms. The molecular formula is C23H25F4NO3. The maximum Gasteiger partial charge on any atom is 0.573 e. The largest absolute Gasteiger partial charge is 0.573 e. The first-order valence-corrected chi connectivity index (χ1v) is 10.0. The van der Waals surface area contributed by atoms with E-state index < -0.39 is 23.5 Å². The molecule has 0 saturated heterocycles. The molecule has 0 amide bonds. The van der Waals surface area contributed by atoms with Gasteiger partial charge in [-0.15, -0.1) is 13.2 Å². The molecule has 0 radical (unpaired) electrons. The number of esters is 1. The molecule has 0 aliphatic carbocycles. The normalized spacial score (nSPS) is 14.2. The fourth-order valence-corrected chi connectivity index (χ4v) is 3.54. The third kappa shape index (κ3) is 6.60. The Hall–Kier alpha value is -2.77. The summed E-state index contributed by atoms with van der Waals surface area (Å²) < 4.78 is 61.0. The van der Waals surface area contributed by atoms with E-state index in [2.05, 4.69) is 4.74 Å². The molecule has 0 spiro atoms. The molecule has 8 heteroatoms. The molecule has 3 rings (SSSR count). The van der Waals surface area contributed by atoms with Crippen molar-refractivity contribution in [3.8, 4) is 5.75 Å². The Morgan fingerprint density at radius 2 is 1.81 bits per heavy atom. The van der Waals surface area contributed by atoms with Crippen molar-refractivity contribution in [3.05, 3.63) is 58.9 Å². The van der Waals surface area contributed by atoms with Gasteiger partial charge in [-0.2, -0.15) is 0 Å². The summed E-state index contributed by atoms with van der Waals surface area (Å²) in [7, 11) is 0. The number of hydrogen-bond donors (Lipinski definition) is 0. The maximum atomic E-state index is 14.3. The number of benzene rings is 2. The first-order valence-electron chi connectivity index (χ1n) is 10.0. The van der Waals surface area contributed by atoms with Crippen LogP contribution >= 0.6 is 0 Å². The number of nitrogens with zero attached hydrogens (tertiary/aromatic N) is 1. The Morgan fingerprint density at radius 3 is 2.48 bits per heavy atom. The van der Waals surface area contributed by atoms with Crippen molar-refractivity contribution in [2.24, 2.45) is 0 Å². The monoisotopic (exact) mass is 439 g/mol. The Morgan fingerprint density at radius 1 is 1.06 bits per heavy atom. The molecule has 2 aromatic rings. The third-order valence-electron chi connectivity index (χ3n) is 4.81. The van der Waals surface area contributed by atoms with Crippen LogP contribution in [0, 0.1) is 5.82 Å². The van der Waals surface area contributed by atoms with E-state index in [1.165, 1.54) is 0 Å². The van der Waals surface area contributed by atoms with Crippen LogP contribution in [-0.4, -0.2) is 24.5 Å². The van der Waals surface area contributed by atoms with Gasteiger partial charge in [-0.1, -0.05) is 18.2 Å². The zero-order chi connectivity index (χ0) is 22.8. The van der Waals surface area contributed by atoms with Crippen LogP contribution in [0.2, 0.25) is 0 Å². The van der Waals surface area contributed by atoms with Crippen LogP contribution in [0.25, 0.3) is 0 Å². The number of alkyl halides is 3. The number of hydrogen-bond acceptors (Lipinski definition) is 4. The lowest BCUT2D eigenvalue weighted by Gasteiger charge is -2.31. The lowest BCUT2D eigenvalue weighted by molar-refractivity contribution is -0.274. The van der Waals surface area contributed by atoms with Gasteiger partial charge < -0.3 is 14.4 Å². The quantitative estimate of drug-likeness (QED) is 0.452. The number of ether oxygens (including phenoxy) is 2. The predicted octanol–water partition coefficient (Wildman–Crippen LogP) is 5.56. The van der Waals surface area contributed by atoms with Gasteiger partial charge in [0.2, 0.25) is 0 Å². The average molecular weight is 439 g/mol. The summed E-state index contributed by atoms with van der Waals surface area (Å²) in [5, 5.41) is 0. The summed E-state index contributed by atoms with van der Waals surface area (Å²) in [5.74, 6) is -1.31.